The van der Waals surface area contributed by atoms with Crippen LogP contribution in [0, 0.1) is 0 Å². The van der Waals surface area contributed by atoms with E-state index in [1.165, 1.54) is 0 Å². The van der Waals surface area contributed by atoms with Gasteiger partial charge in [-0.1, -0.05) is 61.4 Å². The SMILES string of the molecule is O=C(N[C@@H]1CCCC[C@H]1NC(=O)[C@@H]1COC(c2ccccc2)=N1)[C@@H]1CCC(c2ccccc2)=N1. The monoisotopic (exact) mass is 458 g/mol. The third kappa shape index (κ3) is 5.03. The molecule has 7 heteroatoms. The summed E-state index contributed by atoms with van der Waals surface area (Å²) in [5, 5.41) is 6.32. The van der Waals surface area contributed by atoms with E-state index in [4.69, 9.17) is 9.73 Å². The molecule has 5 rings (SSSR count). The lowest BCUT2D eigenvalue weighted by atomic mass is 9.89. The average Bonchev–Trinajstić information content (AvgIpc) is 3.57. The molecule has 0 unspecified atom stereocenters. The van der Waals surface area contributed by atoms with Gasteiger partial charge in [-0.15, -0.1) is 0 Å². The maximum atomic E-state index is 13.0. The van der Waals surface area contributed by atoms with Crippen LogP contribution in [-0.4, -0.2) is 54.2 Å². The smallest absolute Gasteiger partial charge is 0.248 e. The lowest BCUT2D eigenvalue weighted by molar-refractivity contribution is -0.126. The highest BCUT2D eigenvalue weighted by Gasteiger charge is 2.34. The van der Waals surface area contributed by atoms with E-state index in [1.807, 2.05) is 60.7 Å². The zero-order valence-electron chi connectivity index (χ0n) is 19.2. The molecule has 2 aliphatic heterocycles. The maximum absolute atomic E-state index is 13.0. The van der Waals surface area contributed by atoms with Crippen LogP contribution >= 0.6 is 0 Å². The summed E-state index contributed by atoms with van der Waals surface area (Å²) in [5.41, 5.74) is 2.94. The summed E-state index contributed by atoms with van der Waals surface area (Å²) >= 11 is 0. The van der Waals surface area contributed by atoms with Gasteiger partial charge >= 0.3 is 0 Å². The molecule has 34 heavy (non-hydrogen) atoms. The molecule has 2 N–H and O–H groups in total. The number of carbonyl (C=O) groups is 2. The minimum atomic E-state index is -0.568. The number of nitrogens with zero attached hydrogens (tertiary/aromatic N) is 2. The van der Waals surface area contributed by atoms with Crippen LogP contribution < -0.4 is 10.6 Å². The van der Waals surface area contributed by atoms with Crippen molar-refractivity contribution in [3.8, 4) is 0 Å². The quantitative estimate of drug-likeness (QED) is 0.697. The number of amides is 2. The van der Waals surface area contributed by atoms with Crippen molar-refractivity contribution >= 4 is 23.4 Å². The second kappa shape index (κ2) is 10.2. The summed E-state index contributed by atoms with van der Waals surface area (Å²) in [5.74, 6) is 0.301. The minimum Gasteiger partial charge on any atom is -0.475 e. The predicted molar refractivity (Wildman–Crippen MR) is 131 cm³/mol. The fourth-order valence-electron chi connectivity index (χ4n) is 4.91. The number of ether oxygens (including phenoxy) is 1. The Kier molecular flexibility index (Phi) is 6.70. The molecule has 0 radical (unpaired) electrons. The number of rotatable bonds is 6. The first kappa shape index (κ1) is 22.3. The number of nitrogens with one attached hydrogen (secondary N) is 2. The molecule has 2 aromatic carbocycles. The third-order valence-corrected chi connectivity index (χ3v) is 6.77. The summed E-state index contributed by atoms with van der Waals surface area (Å²) in [4.78, 5) is 35.1. The Hall–Kier alpha value is -3.48. The molecule has 2 heterocycles. The van der Waals surface area contributed by atoms with Crippen molar-refractivity contribution in [1.29, 1.82) is 0 Å². The normalized spacial score (nSPS) is 26.2. The van der Waals surface area contributed by atoms with Gasteiger partial charge in [0, 0.05) is 23.4 Å². The van der Waals surface area contributed by atoms with Crippen molar-refractivity contribution < 1.29 is 14.3 Å². The number of hydrogen-bond donors (Lipinski definition) is 2. The Morgan fingerprint density at radius 2 is 1.32 bits per heavy atom. The number of aliphatic imine (C=N–C) groups is 2. The summed E-state index contributed by atoms with van der Waals surface area (Å²) in [6.45, 7) is 0.235. The van der Waals surface area contributed by atoms with Crippen molar-refractivity contribution in [1.82, 2.24) is 10.6 Å². The number of benzene rings is 2. The van der Waals surface area contributed by atoms with Gasteiger partial charge < -0.3 is 15.4 Å². The first-order valence-electron chi connectivity index (χ1n) is 12.2. The molecule has 7 nitrogen and oxygen atoms in total. The molecular weight excluding hydrogens is 428 g/mol. The Balaban J connectivity index is 1.19. The van der Waals surface area contributed by atoms with Crippen LogP contribution in [0.3, 0.4) is 0 Å². The molecule has 0 saturated heterocycles. The highest BCUT2D eigenvalue weighted by molar-refractivity contribution is 6.04. The Morgan fingerprint density at radius 1 is 0.735 bits per heavy atom. The molecule has 2 aromatic rings. The molecule has 0 bridgehead atoms. The van der Waals surface area contributed by atoms with Crippen LogP contribution in [0.2, 0.25) is 0 Å². The van der Waals surface area contributed by atoms with Crippen LogP contribution in [0.5, 0.6) is 0 Å². The Morgan fingerprint density at radius 3 is 1.97 bits per heavy atom. The van der Waals surface area contributed by atoms with E-state index in [9.17, 15) is 9.59 Å². The van der Waals surface area contributed by atoms with E-state index in [-0.39, 0.29) is 36.5 Å². The molecule has 2 amide bonds. The first-order chi connectivity index (χ1) is 16.7. The van der Waals surface area contributed by atoms with E-state index < -0.39 is 6.04 Å². The van der Waals surface area contributed by atoms with Crippen molar-refractivity contribution in [3.05, 3.63) is 71.8 Å². The first-order valence-corrected chi connectivity index (χ1v) is 12.2. The predicted octanol–water partition coefficient (Wildman–Crippen LogP) is 3.03. The van der Waals surface area contributed by atoms with E-state index in [1.54, 1.807) is 0 Å². The topological polar surface area (TPSA) is 92.2 Å². The summed E-state index contributed by atoms with van der Waals surface area (Å²) in [6, 6.07) is 18.5. The molecular formula is C27H30N4O3. The third-order valence-electron chi connectivity index (χ3n) is 6.77. The Labute approximate surface area is 199 Å². The minimum absolute atomic E-state index is 0.0503. The van der Waals surface area contributed by atoms with E-state index in [2.05, 4.69) is 15.6 Å². The zero-order valence-corrected chi connectivity index (χ0v) is 19.2. The second-order valence-electron chi connectivity index (χ2n) is 9.14. The molecule has 1 aliphatic carbocycles. The van der Waals surface area contributed by atoms with Crippen molar-refractivity contribution in [3.63, 3.8) is 0 Å². The zero-order chi connectivity index (χ0) is 23.3. The number of carbonyl (C=O) groups excluding carboxylic acids is 2. The standard InChI is InChI=1S/C27H30N4O3/c32-25(23-16-15-20(28-23)18-9-3-1-4-10-18)29-21-13-7-8-14-22(21)30-26(33)24-17-34-27(31-24)19-11-5-2-6-12-19/h1-6,9-12,21-24H,7-8,13-17H2,(H,29,32)(H,30,33)/t21-,22-,23+,24+/m1/s1. The second-order valence-corrected chi connectivity index (χ2v) is 9.14. The van der Waals surface area contributed by atoms with Gasteiger partial charge in [0.15, 0.2) is 6.04 Å². The molecule has 1 fully saturated rings. The van der Waals surface area contributed by atoms with Crippen LogP contribution in [0.25, 0.3) is 0 Å². The van der Waals surface area contributed by atoms with Crippen LogP contribution in [0.1, 0.15) is 49.7 Å². The molecule has 0 aromatic heterocycles. The van der Waals surface area contributed by atoms with Gasteiger partial charge in [0.05, 0.1) is 0 Å². The van der Waals surface area contributed by atoms with E-state index >= 15 is 0 Å². The van der Waals surface area contributed by atoms with Crippen LogP contribution in [0.4, 0.5) is 0 Å². The van der Waals surface area contributed by atoms with Crippen LogP contribution in [-0.2, 0) is 14.3 Å². The van der Waals surface area contributed by atoms with Gasteiger partial charge in [-0.05, 0) is 43.4 Å². The van der Waals surface area contributed by atoms with E-state index in [0.717, 1.165) is 55.4 Å². The van der Waals surface area contributed by atoms with Gasteiger partial charge in [0.25, 0.3) is 0 Å². The summed E-state index contributed by atoms with van der Waals surface area (Å²) < 4.78 is 5.67. The van der Waals surface area contributed by atoms with Crippen molar-refractivity contribution in [2.24, 2.45) is 9.98 Å². The van der Waals surface area contributed by atoms with Crippen LogP contribution in [0.15, 0.2) is 70.6 Å². The van der Waals surface area contributed by atoms with Gasteiger partial charge in [0.1, 0.15) is 12.6 Å². The molecule has 0 spiro atoms. The lowest BCUT2D eigenvalue weighted by Crippen LogP contribution is -2.56. The molecule has 4 atom stereocenters. The van der Waals surface area contributed by atoms with Gasteiger partial charge in [-0.25, -0.2) is 4.99 Å². The molecule has 1 saturated carbocycles. The van der Waals surface area contributed by atoms with Gasteiger partial charge in [-0.2, -0.15) is 0 Å². The van der Waals surface area contributed by atoms with Gasteiger partial charge in [0.2, 0.25) is 17.7 Å². The largest absolute Gasteiger partial charge is 0.475 e. The summed E-state index contributed by atoms with van der Waals surface area (Å²) in [7, 11) is 0. The average molecular weight is 459 g/mol. The number of hydrogen-bond acceptors (Lipinski definition) is 5. The highest BCUT2D eigenvalue weighted by Crippen LogP contribution is 2.22. The maximum Gasteiger partial charge on any atom is 0.248 e. The fourth-order valence-corrected chi connectivity index (χ4v) is 4.91. The van der Waals surface area contributed by atoms with Crippen molar-refractivity contribution in [2.75, 3.05) is 6.61 Å². The summed E-state index contributed by atoms with van der Waals surface area (Å²) in [6.07, 6.45) is 5.26. The fraction of sp³-hybridized carbons (Fsp3) is 0.407. The lowest BCUT2D eigenvalue weighted by Gasteiger charge is -2.33. The highest BCUT2D eigenvalue weighted by atomic mass is 16.5. The van der Waals surface area contributed by atoms with Crippen molar-refractivity contribution in [2.45, 2.75) is 62.7 Å². The Bertz CT molecular complexity index is 996. The van der Waals surface area contributed by atoms with Gasteiger partial charge in [-0.3, -0.25) is 14.6 Å². The molecule has 3 aliphatic rings. The molecule has 176 valence electrons. The van der Waals surface area contributed by atoms with E-state index in [0.29, 0.717) is 5.90 Å².